The molecule has 0 radical (unpaired) electrons. The predicted molar refractivity (Wildman–Crippen MR) is 74.9 cm³/mol. The molecule has 0 aliphatic carbocycles. The molecule has 0 spiro atoms. The van der Waals surface area contributed by atoms with Gasteiger partial charge in [-0.15, -0.1) is 0 Å². The van der Waals surface area contributed by atoms with Crippen LogP contribution in [0.1, 0.15) is 36.8 Å². The Morgan fingerprint density at radius 3 is 2.81 bits per heavy atom. The first-order valence-corrected chi connectivity index (χ1v) is 6.26. The third-order valence-corrected chi connectivity index (χ3v) is 3.31. The molecule has 0 unspecified atom stereocenters. The molecule has 7 heteroatoms. The Balaban J connectivity index is 1.85. The zero-order valence-electron chi connectivity index (χ0n) is 10.9. The molecule has 0 bridgehead atoms. The van der Waals surface area contributed by atoms with Crippen molar-refractivity contribution >= 4 is 23.4 Å². The molecule has 1 aliphatic heterocycles. The maximum Gasteiger partial charge on any atom is 0.272 e. The number of anilines is 1. The molecular formula is C14H12N4O3. The fourth-order valence-corrected chi connectivity index (χ4v) is 2.23. The second-order valence-corrected chi connectivity index (χ2v) is 4.63. The summed E-state index contributed by atoms with van der Waals surface area (Å²) in [5, 5.41) is 5.42. The highest BCUT2D eigenvalue weighted by molar-refractivity contribution is 6.07. The third kappa shape index (κ3) is 2.25. The van der Waals surface area contributed by atoms with E-state index < -0.39 is 11.8 Å². The number of hydrogen-bond acceptors (Lipinski definition) is 3. The zero-order chi connectivity index (χ0) is 15.0. The molecule has 21 heavy (non-hydrogen) atoms. The number of aromatic amines is 1. The summed E-state index contributed by atoms with van der Waals surface area (Å²) < 4.78 is 0. The summed E-state index contributed by atoms with van der Waals surface area (Å²) >= 11 is 0. The van der Waals surface area contributed by atoms with Crippen LogP contribution in [-0.2, 0) is 6.54 Å². The van der Waals surface area contributed by atoms with E-state index in [2.05, 4.69) is 15.6 Å². The van der Waals surface area contributed by atoms with Crippen molar-refractivity contribution < 1.29 is 14.4 Å². The number of carbonyl (C=O) groups is 3. The average molecular weight is 284 g/mol. The van der Waals surface area contributed by atoms with Crippen LogP contribution in [0, 0.1) is 0 Å². The lowest BCUT2D eigenvalue weighted by Gasteiger charge is -2.08. The molecule has 3 rings (SSSR count). The number of benzene rings is 1. The standard InChI is InChI=1S/C14H12N4O3/c15-12(19)7-4-11(16-5-7)14(21)18-10-3-1-2-8-9(10)6-17-13(8)20/h1-5,16H,6H2,(H2,15,19)(H,17,20)(H,18,21). The Labute approximate surface area is 119 Å². The molecule has 3 amide bonds. The summed E-state index contributed by atoms with van der Waals surface area (Å²) in [7, 11) is 0. The van der Waals surface area contributed by atoms with Gasteiger partial charge in [0.25, 0.3) is 11.8 Å². The number of amides is 3. The quantitative estimate of drug-likeness (QED) is 0.661. The van der Waals surface area contributed by atoms with Crippen molar-refractivity contribution in [2.24, 2.45) is 5.73 Å². The van der Waals surface area contributed by atoms with Gasteiger partial charge >= 0.3 is 0 Å². The number of nitrogens with one attached hydrogen (secondary N) is 3. The Morgan fingerprint density at radius 1 is 1.29 bits per heavy atom. The minimum atomic E-state index is -0.610. The van der Waals surface area contributed by atoms with Crippen molar-refractivity contribution in [1.82, 2.24) is 10.3 Å². The van der Waals surface area contributed by atoms with Crippen molar-refractivity contribution in [3.63, 3.8) is 0 Å². The number of nitrogens with two attached hydrogens (primary N) is 1. The largest absolute Gasteiger partial charge is 0.366 e. The van der Waals surface area contributed by atoms with Crippen LogP contribution in [0.3, 0.4) is 0 Å². The summed E-state index contributed by atoms with van der Waals surface area (Å²) in [5.41, 5.74) is 7.45. The average Bonchev–Trinajstić information content (AvgIpc) is 3.07. The van der Waals surface area contributed by atoms with Gasteiger partial charge in [0.1, 0.15) is 5.69 Å². The predicted octanol–water partition coefficient (Wildman–Crippen LogP) is 0.609. The van der Waals surface area contributed by atoms with Crippen LogP contribution in [0.2, 0.25) is 0 Å². The number of fused-ring (bicyclic) bond motifs is 1. The Bertz CT molecular complexity index is 763. The van der Waals surface area contributed by atoms with Crippen LogP contribution in [0.25, 0.3) is 0 Å². The SMILES string of the molecule is NC(=O)c1c[nH]c(C(=O)Nc2cccc3c2CNC3=O)c1. The molecule has 1 aromatic carbocycles. The van der Waals surface area contributed by atoms with E-state index in [-0.39, 0.29) is 17.2 Å². The van der Waals surface area contributed by atoms with Gasteiger partial charge in [-0.3, -0.25) is 14.4 Å². The lowest BCUT2D eigenvalue weighted by atomic mass is 10.1. The van der Waals surface area contributed by atoms with Crippen molar-refractivity contribution in [1.29, 1.82) is 0 Å². The minimum Gasteiger partial charge on any atom is -0.366 e. The number of aromatic nitrogens is 1. The number of carbonyl (C=O) groups excluding carboxylic acids is 3. The van der Waals surface area contributed by atoms with Gasteiger partial charge in [0.15, 0.2) is 0 Å². The number of primary amides is 1. The lowest BCUT2D eigenvalue weighted by Crippen LogP contribution is -2.14. The van der Waals surface area contributed by atoms with Gasteiger partial charge in [0.05, 0.1) is 5.56 Å². The zero-order valence-corrected chi connectivity index (χ0v) is 10.9. The molecule has 7 nitrogen and oxygen atoms in total. The first-order chi connectivity index (χ1) is 10.1. The normalized spacial score (nSPS) is 12.7. The van der Waals surface area contributed by atoms with Crippen molar-refractivity contribution in [3.05, 3.63) is 52.8 Å². The van der Waals surface area contributed by atoms with Crippen molar-refractivity contribution in [2.45, 2.75) is 6.54 Å². The van der Waals surface area contributed by atoms with Crippen molar-refractivity contribution in [3.8, 4) is 0 Å². The maximum atomic E-state index is 12.1. The highest BCUT2D eigenvalue weighted by Crippen LogP contribution is 2.24. The van der Waals surface area contributed by atoms with Crippen LogP contribution in [-0.4, -0.2) is 22.7 Å². The number of H-pyrrole nitrogens is 1. The lowest BCUT2D eigenvalue weighted by molar-refractivity contribution is 0.0963. The highest BCUT2D eigenvalue weighted by Gasteiger charge is 2.22. The van der Waals surface area contributed by atoms with Crippen molar-refractivity contribution in [2.75, 3.05) is 5.32 Å². The molecule has 2 aromatic rings. The fourth-order valence-electron chi connectivity index (χ4n) is 2.23. The summed E-state index contributed by atoms with van der Waals surface area (Å²) in [6, 6.07) is 6.50. The molecule has 2 heterocycles. The Hall–Kier alpha value is -3.09. The summed E-state index contributed by atoms with van der Waals surface area (Å²) in [4.78, 5) is 37.4. The van der Waals surface area contributed by atoms with Gasteiger partial charge in [0, 0.05) is 29.6 Å². The summed E-state index contributed by atoms with van der Waals surface area (Å²) in [6.07, 6.45) is 1.37. The number of hydrogen-bond donors (Lipinski definition) is 4. The molecule has 1 aliphatic rings. The van der Waals surface area contributed by atoms with Crippen LogP contribution in [0.15, 0.2) is 30.5 Å². The van der Waals surface area contributed by atoms with E-state index in [4.69, 9.17) is 5.73 Å². The highest BCUT2D eigenvalue weighted by atomic mass is 16.2. The van der Waals surface area contributed by atoms with Gasteiger partial charge in [-0.25, -0.2) is 0 Å². The number of rotatable bonds is 3. The van der Waals surface area contributed by atoms with Gasteiger partial charge in [-0.1, -0.05) is 6.07 Å². The van der Waals surface area contributed by atoms with E-state index in [9.17, 15) is 14.4 Å². The first-order valence-electron chi connectivity index (χ1n) is 6.26. The van der Waals surface area contributed by atoms with Gasteiger partial charge in [-0.05, 0) is 18.2 Å². The topological polar surface area (TPSA) is 117 Å². The van der Waals surface area contributed by atoms with E-state index in [1.54, 1.807) is 18.2 Å². The molecule has 0 fully saturated rings. The monoisotopic (exact) mass is 284 g/mol. The Morgan fingerprint density at radius 2 is 2.10 bits per heavy atom. The molecule has 1 aromatic heterocycles. The van der Waals surface area contributed by atoms with E-state index in [1.165, 1.54) is 12.3 Å². The van der Waals surface area contributed by atoms with Crippen LogP contribution < -0.4 is 16.4 Å². The summed E-state index contributed by atoms with van der Waals surface area (Å²) in [5.74, 6) is -1.17. The second kappa shape index (κ2) is 4.78. The van der Waals surface area contributed by atoms with Crippen LogP contribution in [0.5, 0.6) is 0 Å². The van der Waals surface area contributed by atoms with E-state index in [0.717, 1.165) is 5.56 Å². The molecular weight excluding hydrogens is 272 g/mol. The first kappa shape index (κ1) is 12.9. The molecule has 5 N–H and O–H groups in total. The fraction of sp³-hybridized carbons (Fsp3) is 0.0714. The third-order valence-electron chi connectivity index (χ3n) is 3.31. The van der Waals surface area contributed by atoms with Crippen LogP contribution in [0.4, 0.5) is 5.69 Å². The van der Waals surface area contributed by atoms with Gasteiger partial charge in [0.2, 0.25) is 5.91 Å². The molecule has 0 atom stereocenters. The molecule has 0 saturated carbocycles. The van der Waals surface area contributed by atoms with E-state index in [1.807, 2.05) is 0 Å². The summed E-state index contributed by atoms with van der Waals surface area (Å²) in [6.45, 7) is 0.377. The smallest absolute Gasteiger partial charge is 0.272 e. The van der Waals surface area contributed by atoms with E-state index in [0.29, 0.717) is 17.8 Å². The molecule has 106 valence electrons. The van der Waals surface area contributed by atoms with Gasteiger partial charge < -0.3 is 21.4 Å². The van der Waals surface area contributed by atoms with E-state index >= 15 is 0 Å². The second-order valence-electron chi connectivity index (χ2n) is 4.63. The minimum absolute atomic E-state index is 0.156. The van der Waals surface area contributed by atoms with Gasteiger partial charge in [-0.2, -0.15) is 0 Å². The van der Waals surface area contributed by atoms with Crippen LogP contribution >= 0.6 is 0 Å². The Kier molecular flexibility index (Phi) is 2.94. The molecule has 0 saturated heterocycles. The maximum absolute atomic E-state index is 12.1.